The predicted molar refractivity (Wildman–Crippen MR) is 60.6 cm³/mol. The van der Waals surface area contributed by atoms with Crippen molar-refractivity contribution in [3.8, 4) is 11.5 Å². The number of rotatable bonds is 4. The summed E-state index contributed by atoms with van der Waals surface area (Å²) in [6.07, 6.45) is 3.91. The van der Waals surface area contributed by atoms with Gasteiger partial charge in [-0.25, -0.2) is 0 Å². The van der Waals surface area contributed by atoms with Gasteiger partial charge in [-0.15, -0.1) is 0 Å². The van der Waals surface area contributed by atoms with E-state index in [-0.39, 0.29) is 5.75 Å². The minimum Gasteiger partial charge on any atom is -0.505 e. The zero-order chi connectivity index (χ0) is 11.4. The van der Waals surface area contributed by atoms with Crippen LogP contribution < -0.4 is 4.74 Å². The molecule has 1 aromatic carbocycles. The zero-order valence-corrected chi connectivity index (χ0v) is 9.13. The van der Waals surface area contributed by atoms with Crippen LogP contribution in [-0.4, -0.2) is 22.0 Å². The molecule has 1 aromatic heterocycles. The van der Waals surface area contributed by atoms with Gasteiger partial charge in [0, 0.05) is 6.54 Å². The molecule has 0 fully saturated rings. The number of hydrogen-bond acceptors (Lipinski definition) is 3. The molecule has 2 rings (SSSR count). The summed E-state index contributed by atoms with van der Waals surface area (Å²) in [5.74, 6) is 1.06. The molecular formula is C12H14N2O2. The smallest absolute Gasteiger partial charge is 0.153 e. The Hall–Kier alpha value is -1.97. The predicted octanol–water partition coefficient (Wildman–Crippen LogP) is 1.84. The van der Waals surface area contributed by atoms with Crippen molar-refractivity contribution < 1.29 is 9.84 Å². The van der Waals surface area contributed by atoms with E-state index in [1.54, 1.807) is 18.0 Å². The average Bonchev–Trinajstić information content (AvgIpc) is 2.73. The lowest BCUT2D eigenvalue weighted by atomic mass is 10.1. The van der Waals surface area contributed by atoms with E-state index in [4.69, 9.17) is 9.84 Å². The maximum Gasteiger partial charge on any atom is 0.153 e. The molecular weight excluding hydrogens is 204 g/mol. The minimum absolute atomic E-state index is 0.200. The van der Waals surface area contributed by atoms with Crippen molar-refractivity contribution in [3.05, 3.63) is 42.2 Å². The highest BCUT2D eigenvalue weighted by Gasteiger charge is 1.98. The van der Waals surface area contributed by atoms with E-state index in [0.717, 1.165) is 18.7 Å². The molecule has 0 radical (unpaired) electrons. The Kier molecular flexibility index (Phi) is 3.10. The topological polar surface area (TPSA) is 47.3 Å². The first-order valence-corrected chi connectivity index (χ1v) is 5.12. The van der Waals surface area contributed by atoms with Crippen LogP contribution in [0, 0.1) is 0 Å². The maximum absolute atomic E-state index is 9.13. The Labute approximate surface area is 94.1 Å². The van der Waals surface area contributed by atoms with Gasteiger partial charge in [-0.05, 0) is 24.1 Å². The lowest BCUT2D eigenvalue weighted by molar-refractivity contribution is 0.414. The number of ether oxygens (including phenoxy) is 1. The minimum atomic E-state index is 0.200. The summed E-state index contributed by atoms with van der Waals surface area (Å²) >= 11 is 0. The maximum atomic E-state index is 9.13. The van der Waals surface area contributed by atoms with E-state index in [1.807, 2.05) is 24.3 Å². The van der Waals surface area contributed by atoms with Crippen molar-refractivity contribution in [3.63, 3.8) is 0 Å². The quantitative estimate of drug-likeness (QED) is 0.851. The lowest BCUT2D eigenvalue weighted by Gasteiger charge is -2.04. The van der Waals surface area contributed by atoms with Crippen LogP contribution in [0.2, 0.25) is 0 Å². The third kappa shape index (κ3) is 2.53. The highest BCUT2D eigenvalue weighted by molar-refractivity contribution is 5.28. The first-order valence-electron chi connectivity index (χ1n) is 5.12. The molecule has 0 atom stereocenters. The lowest BCUT2D eigenvalue weighted by Crippen LogP contribution is -2.01. The summed E-state index contributed by atoms with van der Waals surface area (Å²) in [5, 5.41) is 13.1. The molecule has 4 heteroatoms. The van der Waals surface area contributed by atoms with Crippen molar-refractivity contribution >= 4 is 0 Å². The fourth-order valence-corrected chi connectivity index (χ4v) is 1.55. The molecule has 1 N–H and O–H groups in total. The van der Waals surface area contributed by atoms with Gasteiger partial charge in [0.05, 0.1) is 19.5 Å². The highest BCUT2D eigenvalue weighted by atomic mass is 16.5. The van der Waals surface area contributed by atoms with Gasteiger partial charge < -0.3 is 9.84 Å². The zero-order valence-electron chi connectivity index (χ0n) is 9.13. The fraction of sp³-hybridized carbons (Fsp3) is 0.250. The molecule has 0 saturated carbocycles. The van der Waals surface area contributed by atoms with E-state index in [0.29, 0.717) is 0 Å². The van der Waals surface area contributed by atoms with E-state index < -0.39 is 0 Å². The monoisotopic (exact) mass is 218 g/mol. The molecule has 84 valence electrons. The van der Waals surface area contributed by atoms with Gasteiger partial charge in [-0.1, -0.05) is 12.1 Å². The van der Waals surface area contributed by atoms with Crippen LogP contribution in [0.3, 0.4) is 0 Å². The Morgan fingerprint density at radius 2 is 2.31 bits per heavy atom. The van der Waals surface area contributed by atoms with Crippen molar-refractivity contribution in [2.24, 2.45) is 0 Å². The summed E-state index contributed by atoms with van der Waals surface area (Å²) in [5.41, 5.74) is 1.19. The normalized spacial score (nSPS) is 10.3. The summed E-state index contributed by atoms with van der Waals surface area (Å²) in [6, 6.07) is 7.94. The molecule has 0 unspecified atom stereocenters. The molecule has 2 aromatic rings. The highest BCUT2D eigenvalue weighted by Crippen LogP contribution is 2.13. The van der Waals surface area contributed by atoms with Gasteiger partial charge in [-0.2, -0.15) is 5.10 Å². The number of aromatic hydroxyl groups is 1. The van der Waals surface area contributed by atoms with Gasteiger partial charge in [0.2, 0.25) is 0 Å². The van der Waals surface area contributed by atoms with Crippen molar-refractivity contribution in [2.45, 2.75) is 13.0 Å². The fourth-order valence-electron chi connectivity index (χ4n) is 1.55. The summed E-state index contributed by atoms with van der Waals surface area (Å²) in [4.78, 5) is 0. The third-order valence-electron chi connectivity index (χ3n) is 2.38. The Bertz CT molecular complexity index is 466. The molecule has 0 saturated heterocycles. The van der Waals surface area contributed by atoms with E-state index in [1.165, 1.54) is 11.8 Å². The van der Waals surface area contributed by atoms with Gasteiger partial charge in [0.25, 0.3) is 0 Å². The average molecular weight is 218 g/mol. The van der Waals surface area contributed by atoms with Gasteiger partial charge >= 0.3 is 0 Å². The molecule has 4 nitrogen and oxygen atoms in total. The van der Waals surface area contributed by atoms with Crippen molar-refractivity contribution in [2.75, 3.05) is 7.11 Å². The van der Waals surface area contributed by atoms with Gasteiger partial charge in [-0.3, -0.25) is 4.68 Å². The molecule has 16 heavy (non-hydrogen) atoms. The van der Waals surface area contributed by atoms with Crippen LogP contribution in [0.4, 0.5) is 0 Å². The SMILES string of the molecule is COc1cccc(CCn2cc(O)cn2)c1. The largest absolute Gasteiger partial charge is 0.505 e. The van der Waals surface area contributed by atoms with Crippen molar-refractivity contribution in [1.29, 1.82) is 0 Å². The Morgan fingerprint density at radius 3 is 3.00 bits per heavy atom. The number of aromatic nitrogens is 2. The number of aryl methyl sites for hydroxylation is 2. The van der Waals surface area contributed by atoms with Gasteiger partial charge in [0.1, 0.15) is 5.75 Å². The van der Waals surface area contributed by atoms with Crippen molar-refractivity contribution in [1.82, 2.24) is 9.78 Å². The molecule has 0 bridgehead atoms. The third-order valence-corrected chi connectivity index (χ3v) is 2.38. The number of methoxy groups -OCH3 is 1. The first kappa shape index (κ1) is 10.5. The summed E-state index contributed by atoms with van der Waals surface area (Å²) < 4.78 is 6.87. The van der Waals surface area contributed by atoms with E-state index in [2.05, 4.69) is 5.10 Å². The van der Waals surface area contributed by atoms with Crippen LogP contribution in [0.15, 0.2) is 36.7 Å². The Morgan fingerprint density at radius 1 is 1.44 bits per heavy atom. The molecule has 0 aliphatic rings. The molecule has 0 amide bonds. The number of nitrogens with zero attached hydrogens (tertiary/aromatic N) is 2. The van der Waals surface area contributed by atoms with Crippen LogP contribution in [0.25, 0.3) is 0 Å². The second kappa shape index (κ2) is 4.70. The van der Waals surface area contributed by atoms with Crippen LogP contribution in [-0.2, 0) is 13.0 Å². The van der Waals surface area contributed by atoms with E-state index in [9.17, 15) is 0 Å². The second-order valence-corrected chi connectivity index (χ2v) is 3.56. The summed E-state index contributed by atoms with van der Waals surface area (Å²) in [7, 11) is 1.66. The summed E-state index contributed by atoms with van der Waals surface area (Å²) in [6.45, 7) is 0.744. The number of benzene rings is 1. The van der Waals surface area contributed by atoms with Crippen LogP contribution in [0.5, 0.6) is 11.5 Å². The Balaban J connectivity index is 1.99. The molecule has 0 spiro atoms. The first-order chi connectivity index (χ1) is 7.78. The second-order valence-electron chi connectivity index (χ2n) is 3.56. The standard InChI is InChI=1S/C12H14N2O2/c1-16-12-4-2-3-10(7-12)5-6-14-9-11(15)8-13-14/h2-4,7-9,15H,5-6H2,1H3. The van der Waals surface area contributed by atoms with E-state index >= 15 is 0 Å². The van der Waals surface area contributed by atoms with Gasteiger partial charge in [0.15, 0.2) is 5.75 Å². The molecule has 1 heterocycles. The molecule has 0 aliphatic heterocycles. The van der Waals surface area contributed by atoms with Crippen LogP contribution in [0.1, 0.15) is 5.56 Å². The molecule has 0 aliphatic carbocycles. The number of hydrogen-bond donors (Lipinski definition) is 1. The van der Waals surface area contributed by atoms with Crippen LogP contribution >= 0.6 is 0 Å².